The van der Waals surface area contributed by atoms with Crippen molar-refractivity contribution in [3.63, 3.8) is 0 Å². The number of aromatic carboxylic acids is 1. The van der Waals surface area contributed by atoms with Crippen LogP contribution in [-0.2, 0) is 9.47 Å². The van der Waals surface area contributed by atoms with Gasteiger partial charge < -0.3 is 25.6 Å². The molecule has 1 rings (SSSR count). The number of carboxylic acids is 1. The maximum Gasteiger partial charge on any atom is 0.337 e. The number of nitrogens with two attached hydrogens (primary N) is 1. The van der Waals surface area contributed by atoms with Gasteiger partial charge in [0.1, 0.15) is 0 Å². The second-order valence-corrected chi connectivity index (χ2v) is 4.09. The normalized spacial score (nSPS) is 10.4. The molecule has 1 aromatic carbocycles. The van der Waals surface area contributed by atoms with Gasteiger partial charge >= 0.3 is 5.97 Å². The lowest BCUT2D eigenvalue weighted by Crippen LogP contribution is -2.13. The largest absolute Gasteiger partial charge is 0.478 e. The first-order chi connectivity index (χ1) is 9.06. The van der Waals surface area contributed by atoms with E-state index in [2.05, 4.69) is 5.32 Å². The average molecular weight is 268 g/mol. The average Bonchev–Trinajstić information content (AvgIpc) is 2.37. The van der Waals surface area contributed by atoms with Gasteiger partial charge in [0.25, 0.3) is 0 Å². The molecule has 0 unspecified atom stereocenters. The first-order valence-corrected chi connectivity index (χ1v) is 6.00. The summed E-state index contributed by atoms with van der Waals surface area (Å²) < 4.78 is 10.2. The molecule has 0 atom stereocenters. The molecule has 1 aromatic rings. The zero-order valence-corrected chi connectivity index (χ0v) is 11.2. The summed E-state index contributed by atoms with van der Waals surface area (Å²) in [6, 6.07) is 3.34. The number of nitrogens with one attached hydrogen (secondary N) is 1. The highest BCUT2D eigenvalue weighted by Crippen LogP contribution is 2.22. The molecule has 106 valence electrons. The minimum atomic E-state index is -1.03. The molecule has 0 saturated carbocycles. The van der Waals surface area contributed by atoms with Gasteiger partial charge in [0.05, 0.1) is 25.4 Å². The van der Waals surface area contributed by atoms with Crippen molar-refractivity contribution >= 4 is 17.3 Å². The van der Waals surface area contributed by atoms with Gasteiger partial charge in [0, 0.05) is 25.0 Å². The summed E-state index contributed by atoms with van der Waals surface area (Å²) in [4.78, 5) is 11.0. The standard InChI is InChI=1S/C13H20N2O4/c1-9-7-10(8-11(12(9)14)13(16)17)15-3-4-19-6-5-18-2/h7-8,15H,3-6,14H2,1-2H3,(H,16,17). The quantitative estimate of drug-likeness (QED) is 0.487. The Balaban J connectivity index is 2.52. The molecule has 6 heteroatoms. The molecule has 0 bridgehead atoms. The molecule has 0 fully saturated rings. The summed E-state index contributed by atoms with van der Waals surface area (Å²) >= 11 is 0. The molecule has 6 nitrogen and oxygen atoms in total. The lowest BCUT2D eigenvalue weighted by molar-refractivity contribution is 0.0698. The van der Waals surface area contributed by atoms with E-state index in [-0.39, 0.29) is 5.56 Å². The number of anilines is 2. The zero-order chi connectivity index (χ0) is 14.3. The van der Waals surface area contributed by atoms with E-state index in [1.54, 1.807) is 14.0 Å². The van der Waals surface area contributed by atoms with E-state index in [1.165, 1.54) is 6.07 Å². The second-order valence-electron chi connectivity index (χ2n) is 4.09. The number of ether oxygens (including phenoxy) is 2. The van der Waals surface area contributed by atoms with Crippen LogP contribution in [0.25, 0.3) is 0 Å². The molecule has 19 heavy (non-hydrogen) atoms. The van der Waals surface area contributed by atoms with Crippen LogP contribution in [0.4, 0.5) is 11.4 Å². The zero-order valence-electron chi connectivity index (χ0n) is 11.2. The van der Waals surface area contributed by atoms with Crippen LogP contribution in [0.15, 0.2) is 12.1 Å². The molecular weight excluding hydrogens is 248 g/mol. The monoisotopic (exact) mass is 268 g/mol. The predicted molar refractivity (Wildman–Crippen MR) is 73.7 cm³/mol. The number of methoxy groups -OCH3 is 1. The second kappa shape index (κ2) is 7.60. The van der Waals surface area contributed by atoms with Crippen LogP contribution in [0, 0.1) is 6.92 Å². The molecule has 0 spiro atoms. The molecule has 0 radical (unpaired) electrons. The van der Waals surface area contributed by atoms with Crippen molar-refractivity contribution in [2.24, 2.45) is 0 Å². The first-order valence-electron chi connectivity index (χ1n) is 6.00. The van der Waals surface area contributed by atoms with E-state index < -0.39 is 5.97 Å². The number of hydrogen-bond donors (Lipinski definition) is 3. The Morgan fingerprint density at radius 3 is 2.74 bits per heavy atom. The first kappa shape index (κ1) is 15.3. The van der Waals surface area contributed by atoms with Crippen molar-refractivity contribution in [3.8, 4) is 0 Å². The minimum absolute atomic E-state index is 0.114. The molecule has 0 heterocycles. The van der Waals surface area contributed by atoms with Crippen LogP contribution in [0.2, 0.25) is 0 Å². The molecule has 0 saturated heterocycles. The molecule has 0 aliphatic rings. The van der Waals surface area contributed by atoms with Gasteiger partial charge in [-0.3, -0.25) is 0 Å². The Kier molecular flexibility index (Phi) is 6.11. The Morgan fingerprint density at radius 1 is 1.37 bits per heavy atom. The number of aryl methyl sites for hydroxylation is 1. The summed E-state index contributed by atoms with van der Waals surface area (Å²) in [6.07, 6.45) is 0. The maximum atomic E-state index is 11.0. The minimum Gasteiger partial charge on any atom is -0.478 e. The summed E-state index contributed by atoms with van der Waals surface area (Å²) in [5.74, 6) is -1.03. The van der Waals surface area contributed by atoms with Crippen LogP contribution in [0.1, 0.15) is 15.9 Å². The Labute approximate surface area is 112 Å². The smallest absolute Gasteiger partial charge is 0.337 e. The number of carboxylic acid groups (broad SMARTS) is 1. The Morgan fingerprint density at radius 2 is 2.11 bits per heavy atom. The van der Waals surface area contributed by atoms with Crippen molar-refractivity contribution in [1.29, 1.82) is 0 Å². The lowest BCUT2D eigenvalue weighted by atomic mass is 10.1. The van der Waals surface area contributed by atoms with Gasteiger partial charge in [-0.25, -0.2) is 4.79 Å². The highest BCUT2D eigenvalue weighted by Gasteiger charge is 2.11. The molecule has 0 aliphatic heterocycles. The predicted octanol–water partition coefficient (Wildman–Crippen LogP) is 1.35. The Hall–Kier alpha value is -1.79. The summed E-state index contributed by atoms with van der Waals surface area (Å²) in [5.41, 5.74) is 7.59. The number of rotatable bonds is 8. The topological polar surface area (TPSA) is 93.8 Å². The fraction of sp³-hybridized carbons (Fsp3) is 0.462. The van der Waals surface area contributed by atoms with Crippen LogP contribution in [-0.4, -0.2) is 44.6 Å². The van der Waals surface area contributed by atoms with Crippen molar-refractivity contribution in [2.75, 3.05) is 44.5 Å². The third-order valence-corrected chi connectivity index (χ3v) is 2.62. The fourth-order valence-corrected chi connectivity index (χ4v) is 1.59. The molecule has 0 aromatic heterocycles. The summed E-state index contributed by atoms with van der Waals surface area (Å²) in [7, 11) is 1.62. The Bertz CT molecular complexity index is 435. The molecule has 4 N–H and O–H groups in total. The van der Waals surface area contributed by atoms with Gasteiger partial charge in [-0.1, -0.05) is 0 Å². The fourth-order valence-electron chi connectivity index (χ4n) is 1.59. The highest BCUT2D eigenvalue weighted by molar-refractivity contribution is 5.95. The van der Waals surface area contributed by atoms with E-state index in [4.69, 9.17) is 20.3 Å². The van der Waals surface area contributed by atoms with Crippen molar-refractivity contribution < 1.29 is 19.4 Å². The molecule has 0 amide bonds. The van der Waals surface area contributed by atoms with Gasteiger partial charge in [0.15, 0.2) is 0 Å². The van der Waals surface area contributed by atoms with E-state index >= 15 is 0 Å². The number of hydrogen-bond acceptors (Lipinski definition) is 5. The number of nitrogen functional groups attached to an aromatic ring is 1. The van der Waals surface area contributed by atoms with Gasteiger partial charge in [0.2, 0.25) is 0 Å². The maximum absolute atomic E-state index is 11.0. The van der Waals surface area contributed by atoms with E-state index in [0.717, 1.165) is 11.3 Å². The van der Waals surface area contributed by atoms with E-state index in [1.807, 2.05) is 6.07 Å². The van der Waals surface area contributed by atoms with Crippen LogP contribution in [0.5, 0.6) is 0 Å². The van der Waals surface area contributed by atoms with Crippen molar-refractivity contribution in [3.05, 3.63) is 23.3 Å². The lowest BCUT2D eigenvalue weighted by Gasteiger charge is -2.11. The van der Waals surface area contributed by atoms with Gasteiger partial charge in [-0.05, 0) is 24.6 Å². The third-order valence-electron chi connectivity index (χ3n) is 2.62. The summed E-state index contributed by atoms with van der Waals surface area (Å²) in [5, 5.41) is 12.1. The van der Waals surface area contributed by atoms with E-state index in [9.17, 15) is 4.79 Å². The summed E-state index contributed by atoms with van der Waals surface area (Å²) in [6.45, 7) is 3.99. The van der Waals surface area contributed by atoms with E-state index in [0.29, 0.717) is 32.1 Å². The van der Waals surface area contributed by atoms with Gasteiger partial charge in [-0.2, -0.15) is 0 Å². The number of carbonyl (C=O) groups is 1. The molecular formula is C13H20N2O4. The van der Waals surface area contributed by atoms with Crippen LogP contribution < -0.4 is 11.1 Å². The highest BCUT2D eigenvalue weighted by atomic mass is 16.5. The van der Waals surface area contributed by atoms with Gasteiger partial charge in [-0.15, -0.1) is 0 Å². The number of benzene rings is 1. The SMILES string of the molecule is COCCOCCNc1cc(C)c(N)c(C(=O)O)c1. The van der Waals surface area contributed by atoms with Crippen LogP contribution >= 0.6 is 0 Å². The van der Waals surface area contributed by atoms with Crippen molar-refractivity contribution in [1.82, 2.24) is 0 Å². The third kappa shape index (κ3) is 4.76. The van der Waals surface area contributed by atoms with Crippen LogP contribution in [0.3, 0.4) is 0 Å². The molecule has 0 aliphatic carbocycles. The van der Waals surface area contributed by atoms with Crippen molar-refractivity contribution in [2.45, 2.75) is 6.92 Å².